The van der Waals surface area contributed by atoms with E-state index in [1.807, 2.05) is 0 Å². The Balaban J connectivity index is 1.60. The van der Waals surface area contributed by atoms with Gasteiger partial charge in [-0.1, -0.05) is 20.3 Å². The summed E-state index contributed by atoms with van der Waals surface area (Å²) in [5.74, 6) is 4.07. The summed E-state index contributed by atoms with van der Waals surface area (Å²) in [6.07, 6.45) is 7.75. The summed E-state index contributed by atoms with van der Waals surface area (Å²) >= 11 is 0. The maximum Gasteiger partial charge on any atom is 0.309 e. The average Bonchev–Trinajstić information content (AvgIpc) is 2.34. The Morgan fingerprint density at radius 1 is 1.11 bits per heavy atom. The lowest BCUT2D eigenvalue weighted by Crippen LogP contribution is -2.48. The number of esters is 1. The number of hydrogen-bond donors (Lipinski definition) is 0. The standard InChI is InChI=1S/C16H26O2/c1-3-10(2)9-18-16(17)15-13-5-11-4-12(7-13)8-14(15)6-11/h10-15H,3-9H2,1-2H3/t10-,11?,12?,13?,14?,15?/m0/s1. The van der Waals surface area contributed by atoms with Crippen LogP contribution in [-0.4, -0.2) is 12.6 Å². The zero-order chi connectivity index (χ0) is 12.7. The Bertz CT molecular complexity index is 295. The molecule has 0 aromatic rings. The molecule has 0 aromatic heterocycles. The first kappa shape index (κ1) is 12.5. The van der Waals surface area contributed by atoms with Gasteiger partial charge in [-0.25, -0.2) is 0 Å². The van der Waals surface area contributed by atoms with E-state index in [0.717, 1.165) is 18.3 Å². The first-order chi connectivity index (χ1) is 8.67. The fourth-order valence-electron chi connectivity index (χ4n) is 4.75. The van der Waals surface area contributed by atoms with Gasteiger partial charge in [0.15, 0.2) is 0 Å². The SMILES string of the molecule is CC[C@H](C)COC(=O)C1C2CC3CC(C2)CC1C3. The monoisotopic (exact) mass is 250 g/mol. The summed E-state index contributed by atoms with van der Waals surface area (Å²) in [5.41, 5.74) is 0. The molecule has 1 atom stereocenters. The Morgan fingerprint density at radius 2 is 1.67 bits per heavy atom. The molecule has 102 valence electrons. The van der Waals surface area contributed by atoms with Gasteiger partial charge in [-0.15, -0.1) is 0 Å². The number of ether oxygens (including phenoxy) is 1. The smallest absolute Gasteiger partial charge is 0.309 e. The summed E-state index contributed by atoms with van der Waals surface area (Å²) in [5, 5.41) is 0. The maximum absolute atomic E-state index is 12.3. The Hall–Kier alpha value is -0.530. The van der Waals surface area contributed by atoms with Gasteiger partial charge in [0.05, 0.1) is 12.5 Å². The lowest BCUT2D eigenvalue weighted by atomic mass is 9.52. The molecule has 0 heterocycles. The highest BCUT2D eigenvalue weighted by Crippen LogP contribution is 2.56. The second-order valence-corrected chi connectivity index (χ2v) is 7.10. The molecule has 0 unspecified atom stereocenters. The van der Waals surface area contributed by atoms with Crippen LogP contribution in [0.2, 0.25) is 0 Å². The van der Waals surface area contributed by atoms with Crippen LogP contribution < -0.4 is 0 Å². The minimum absolute atomic E-state index is 0.129. The van der Waals surface area contributed by atoms with Gasteiger partial charge in [-0.3, -0.25) is 4.79 Å². The highest BCUT2D eigenvalue weighted by molar-refractivity contribution is 5.73. The molecule has 4 fully saturated rings. The van der Waals surface area contributed by atoms with Crippen molar-refractivity contribution in [1.29, 1.82) is 0 Å². The highest BCUT2D eigenvalue weighted by atomic mass is 16.5. The van der Waals surface area contributed by atoms with Crippen LogP contribution in [0.4, 0.5) is 0 Å². The molecular formula is C16H26O2. The average molecular weight is 250 g/mol. The van der Waals surface area contributed by atoms with E-state index in [-0.39, 0.29) is 11.9 Å². The first-order valence-corrected chi connectivity index (χ1v) is 7.84. The minimum atomic E-state index is 0.129. The topological polar surface area (TPSA) is 26.3 Å². The highest BCUT2D eigenvalue weighted by Gasteiger charge is 2.51. The van der Waals surface area contributed by atoms with E-state index < -0.39 is 0 Å². The molecule has 4 rings (SSSR count). The van der Waals surface area contributed by atoms with E-state index in [0.29, 0.717) is 24.4 Å². The number of hydrogen-bond acceptors (Lipinski definition) is 2. The van der Waals surface area contributed by atoms with Gasteiger partial charge in [0.25, 0.3) is 0 Å². The van der Waals surface area contributed by atoms with Gasteiger partial charge in [0, 0.05) is 0 Å². The third kappa shape index (κ3) is 2.19. The van der Waals surface area contributed by atoms with E-state index in [2.05, 4.69) is 13.8 Å². The summed E-state index contributed by atoms with van der Waals surface area (Å²) in [6, 6.07) is 0. The van der Waals surface area contributed by atoms with Gasteiger partial charge >= 0.3 is 5.97 Å². The molecule has 4 saturated carbocycles. The van der Waals surface area contributed by atoms with Crippen LogP contribution in [0.25, 0.3) is 0 Å². The molecule has 0 radical (unpaired) electrons. The van der Waals surface area contributed by atoms with Crippen LogP contribution in [-0.2, 0) is 9.53 Å². The molecule has 0 saturated heterocycles. The normalized spacial score (nSPS) is 42.9. The van der Waals surface area contributed by atoms with Gasteiger partial charge in [-0.2, -0.15) is 0 Å². The quantitative estimate of drug-likeness (QED) is 0.712. The first-order valence-electron chi connectivity index (χ1n) is 7.84. The van der Waals surface area contributed by atoms with Crippen molar-refractivity contribution < 1.29 is 9.53 Å². The van der Waals surface area contributed by atoms with Crippen LogP contribution in [0.3, 0.4) is 0 Å². The van der Waals surface area contributed by atoms with Gasteiger partial charge in [0.1, 0.15) is 0 Å². The fourth-order valence-corrected chi connectivity index (χ4v) is 4.75. The van der Waals surface area contributed by atoms with E-state index in [4.69, 9.17) is 4.74 Å². The van der Waals surface area contributed by atoms with Crippen molar-refractivity contribution in [3.05, 3.63) is 0 Å². The zero-order valence-corrected chi connectivity index (χ0v) is 11.7. The predicted molar refractivity (Wildman–Crippen MR) is 70.9 cm³/mol. The Labute approximate surface area is 110 Å². The van der Waals surface area contributed by atoms with E-state index in [1.54, 1.807) is 0 Å². The maximum atomic E-state index is 12.3. The van der Waals surface area contributed by atoms with Crippen LogP contribution in [0.15, 0.2) is 0 Å². The van der Waals surface area contributed by atoms with Gasteiger partial charge < -0.3 is 4.74 Å². The van der Waals surface area contributed by atoms with Crippen LogP contribution >= 0.6 is 0 Å². The van der Waals surface area contributed by atoms with Crippen molar-refractivity contribution >= 4 is 5.97 Å². The second kappa shape index (κ2) is 4.86. The molecule has 0 N–H and O–H groups in total. The third-order valence-electron chi connectivity index (χ3n) is 5.71. The number of carbonyl (C=O) groups excluding carboxylic acids is 1. The minimum Gasteiger partial charge on any atom is -0.465 e. The summed E-state index contributed by atoms with van der Waals surface area (Å²) in [4.78, 5) is 12.3. The van der Waals surface area contributed by atoms with E-state index in [1.165, 1.54) is 32.1 Å². The van der Waals surface area contributed by atoms with Crippen molar-refractivity contribution in [2.24, 2.45) is 35.5 Å². The van der Waals surface area contributed by atoms with Crippen LogP contribution in [0.5, 0.6) is 0 Å². The van der Waals surface area contributed by atoms with Crippen LogP contribution in [0, 0.1) is 35.5 Å². The van der Waals surface area contributed by atoms with Crippen molar-refractivity contribution in [3.63, 3.8) is 0 Å². The number of carbonyl (C=O) groups is 1. The van der Waals surface area contributed by atoms with Crippen molar-refractivity contribution in [2.75, 3.05) is 6.61 Å². The molecular weight excluding hydrogens is 224 g/mol. The van der Waals surface area contributed by atoms with Crippen molar-refractivity contribution in [3.8, 4) is 0 Å². The van der Waals surface area contributed by atoms with Crippen molar-refractivity contribution in [2.45, 2.75) is 52.4 Å². The molecule has 2 heteroatoms. The molecule has 18 heavy (non-hydrogen) atoms. The third-order valence-corrected chi connectivity index (χ3v) is 5.71. The Kier molecular flexibility index (Phi) is 3.38. The lowest BCUT2D eigenvalue weighted by Gasteiger charge is -2.53. The molecule has 4 aliphatic rings. The molecule has 4 aliphatic carbocycles. The zero-order valence-electron chi connectivity index (χ0n) is 11.7. The van der Waals surface area contributed by atoms with Gasteiger partial charge in [0.2, 0.25) is 0 Å². The summed E-state index contributed by atoms with van der Waals surface area (Å²) in [6.45, 7) is 4.93. The molecule has 2 nitrogen and oxygen atoms in total. The largest absolute Gasteiger partial charge is 0.465 e. The van der Waals surface area contributed by atoms with Crippen molar-refractivity contribution in [1.82, 2.24) is 0 Å². The fraction of sp³-hybridized carbons (Fsp3) is 0.938. The second-order valence-electron chi connectivity index (χ2n) is 7.10. The molecule has 0 aliphatic heterocycles. The van der Waals surface area contributed by atoms with E-state index in [9.17, 15) is 4.79 Å². The number of rotatable bonds is 4. The van der Waals surface area contributed by atoms with Crippen LogP contribution in [0.1, 0.15) is 52.4 Å². The van der Waals surface area contributed by atoms with Gasteiger partial charge in [-0.05, 0) is 61.7 Å². The summed E-state index contributed by atoms with van der Waals surface area (Å²) in [7, 11) is 0. The van der Waals surface area contributed by atoms with E-state index >= 15 is 0 Å². The lowest BCUT2D eigenvalue weighted by molar-refractivity contribution is -0.163. The Morgan fingerprint density at radius 3 is 2.17 bits per heavy atom. The molecule has 0 aromatic carbocycles. The summed E-state index contributed by atoms with van der Waals surface area (Å²) < 4.78 is 5.58. The molecule has 0 amide bonds. The molecule has 4 bridgehead atoms. The predicted octanol–water partition coefficient (Wildman–Crippen LogP) is 3.65. The molecule has 0 spiro atoms.